The van der Waals surface area contributed by atoms with Crippen molar-refractivity contribution in [2.75, 3.05) is 37.3 Å². The summed E-state index contributed by atoms with van der Waals surface area (Å²) < 4.78 is 7.45. The molecule has 1 fully saturated rings. The molecule has 0 saturated carbocycles. The van der Waals surface area contributed by atoms with Gasteiger partial charge in [0.2, 0.25) is 5.89 Å². The molecule has 0 aliphatic carbocycles. The summed E-state index contributed by atoms with van der Waals surface area (Å²) in [5.74, 6) is 0.671. The number of nitrogens with one attached hydrogen (secondary N) is 1. The number of amides is 1. The van der Waals surface area contributed by atoms with E-state index in [0.29, 0.717) is 23.0 Å². The number of aromatic nitrogens is 6. The van der Waals surface area contributed by atoms with E-state index in [1.807, 2.05) is 47.9 Å². The fourth-order valence-corrected chi connectivity index (χ4v) is 4.80. The molecular formula is C28H30N10O2. The maximum atomic E-state index is 13.3. The standard InChI is InChI=1S/C28H30N10O2/c1-17-13-31-21-8-7-19(16-38(17)21)23-24(28-30-9-12-40-28)35-26(29)25(34-23)27(39)32-14-20-5-4-6-22(33-20)37-11-10-36(3)18(2)15-37/h4-9,12-13,16,18H,10-11,14-15H2,1-3H3,(H2,29,35)(H,32,39)/t18-/m0/s1. The zero-order chi connectivity index (χ0) is 27.8. The first-order chi connectivity index (χ1) is 19.4. The third-order valence-electron chi connectivity index (χ3n) is 7.24. The van der Waals surface area contributed by atoms with E-state index in [4.69, 9.17) is 15.1 Å². The number of oxazole rings is 1. The smallest absolute Gasteiger partial charge is 0.274 e. The number of carbonyl (C=O) groups excluding carboxylic acids is 1. The van der Waals surface area contributed by atoms with Crippen molar-refractivity contribution in [3.8, 4) is 22.8 Å². The number of imidazole rings is 1. The number of likely N-dealkylation sites (N-methyl/N-ethyl adjacent to an activating group) is 1. The number of anilines is 2. The van der Waals surface area contributed by atoms with E-state index in [9.17, 15) is 4.79 Å². The Hall–Kier alpha value is -4.84. The Morgan fingerprint density at radius 3 is 2.80 bits per heavy atom. The second-order valence-electron chi connectivity index (χ2n) is 9.98. The minimum atomic E-state index is -0.453. The molecule has 12 heteroatoms. The van der Waals surface area contributed by atoms with Gasteiger partial charge in [0.25, 0.3) is 5.91 Å². The molecule has 6 heterocycles. The Bertz CT molecular complexity index is 1680. The number of hydrogen-bond acceptors (Lipinski definition) is 10. The van der Waals surface area contributed by atoms with Gasteiger partial charge >= 0.3 is 0 Å². The molecule has 1 atom stereocenters. The number of fused-ring (bicyclic) bond motifs is 1. The largest absolute Gasteiger partial charge is 0.443 e. The van der Waals surface area contributed by atoms with Crippen LogP contribution in [0.15, 0.2) is 59.6 Å². The van der Waals surface area contributed by atoms with Gasteiger partial charge in [-0.1, -0.05) is 6.07 Å². The van der Waals surface area contributed by atoms with Gasteiger partial charge in [0, 0.05) is 49.3 Å². The van der Waals surface area contributed by atoms with Crippen molar-refractivity contribution in [2.24, 2.45) is 0 Å². The van der Waals surface area contributed by atoms with E-state index < -0.39 is 5.91 Å². The third-order valence-corrected chi connectivity index (χ3v) is 7.24. The zero-order valence-electron chi connectivity index (χ0n) is 22.6. The lowest BCUT2D eigenvalue weighted by Gasteiger charge is -2.38. The van der Waals surface area contributed by atoms with E-state index in [2.05, 4.69) is 49.0 Å². The number of piperazine rings is 1. The van der Waals surface area contributed by atoms with E-state index in [0.717, 1.165) is 42.5 Å². The van der Waals surface area contributed by atoms with Crippen LogP contribution in [-0.2, 0) is 6.54 Å². The number of nitrogens with two attached hydrogens (primary N) is 1. The number of aryl methyl sites for hydroxylation is 1. The summed E-state index contributed by atoms with van der Waals surface area (Å²) in [5.41, 5.74) is 10.2. The Balaban J connectivity index is 1.28. The summed E-state index contributed by atoms with van der Waals surface area (Å²) in [6.45, 7) is 7.15. The monoisotopic (exact) mass is 538 g/mol. The molecule has 1 aliphatic rings. The summed E-state index contributed by atoms with van der Waals surface area (Å²) >= 11 is 0. The lowest BCUT2D eigenvalue weighted by molar-refractivity contribution is 0.0946. The second-order valence-corrected chi connectivity index (χ2v) is 9.98. The van der Waals surface area contributed by atoms with Crippen LogP contribution in [0.4, 0.5) is 11.6 Å². The van der Waals surface area contributed by atoms with Gasteiger partial charge in [0.05, 0.1) is 18.4 Å². The second kappa shape index (κ2) is 10.4. The minimum Gasteiger partial charge on any atom is -0.443 e. The van der Waals surface area contributed by atoms with Crippen molar-refractivity contribution in [2.45, 2.75) is 26.4 Å². The van der Waals surface area contributed by atoms with Crippen LogP contribution in [0.25, 0.3) is 28.5 Å². The molecule has 204 valence electrons. The van der Waals surface area contributed by atoms with Crippen LogP contribution in [0.3, 0.4) is 0 Å². The predicted octanol–water partition coefficient (Wildman–Crippen LogP) is 2.80. The zero-order valence-corrected chi connectivity index (χ0v) is 22.6. The molecule has 0 radical (unpaired) electrons. The molecule has 0 aromatic carbocycles. The first-order valence-corrected chi connectivity index (χ1v) is 13.1. The van der Waals surface area contributed by atoms with Crippen LogP contribution in [0, 0.1) is 6.92 Å². The van der Waals surface area contributed by atoms with Gasteiger partial charge in [-0.15, -0.1) is 0 Å². The van der Waals surface area contributed by atoms with Crippen molar-refractivity contribution in [3.05, 3.63) is 72.3 Å². The van der Waals surface area contributed by atoms with Gasteiger partial charge in [-0.25, -0.2) is 24.9 Å². The number of hydrogen-bond donors (Lipinski definition) is 2. The van der Waals surface area contributed by atoms with Gasteiger partial charge in [0.15, 0.2) is 17.2 Å². The molecule has 1 amide bonds. The SMILES string of the molecule is Cc1cnc2ccc(-c3nc(C(=O)NCc4cccc(N5CCN(C)[C@@H](C)C5)n4)c(N)nc3-c3ncco3)cn12. The summed E-state index contributed by atoms with van der Waals surface area (Å²) in [6.07, 6.45) is 6.64. The number of carbonyl (C=O) groups is 1. The summed E-state index contributed by atoms with van der Waals surface area (Å²) in [5, 5.41) is 2.90. The predicted molar refractivity (Wildman–Crippen MR) is 151 cm³/mol. The number of nitrogens with zero attached hydrogens (tertiary/aromatic N) is 8. The van der Waals surface area contributed by atoms with Gasteiger partial charge in [-0.05, 0) is 45.2 Å². The topological polar surface area (TPSA) is 144 Å². The fraction of sp³-hybridized carbons (Fsp3) is 0.286. The first-order valence-electron chi connectivity index (χ1n) is 13.1. The van der Waals surface area contributed by atoms with Crippen LogP contribution in [0.1, 0.15) is 28.8 Å². The highest BCUT2D eigenvalue weighted by Gasteiger charge is 2.24. The molecule has 1 saturated heterocycles. The third kappa shape index (κ3) is 4.84. The normalized spacial score (nSPS) is 16.0. The van der Waals surface area contributed by atoms with Crippen LogP contribution < -0.4 is 16.0 Å². The van der Waals surface area contributed by atoms with E-state index >= 15 is 0 Å². The fourth-order valence-electron chi connectivity index (χ4n) is 4.80. The summed E-state index contributed by atoms with van der Waals surface area (Å²) in [6, 6.07) is 10.0. The molecule has 40 heavy (non-hydrogen) atoms. The van der Waals surface area contributed by atoms with Crippen LogP contribution in [-0.4, -0.2) is 72.9 Å². The average Bonchev–Trinajstić information content (AvgIpc) is 3.63. The molecule has 0 bridgehead atoms. The van der Waals surface area contributed by atoms with Gasteiger partial charge < -0.3 is 29.7 Å². The van der Waals surface area contributed by atoms with Gasteiger partial charge in [0.1, 0.15) is 23.4 Å². The molecule has 5 aromatic heterocycles. The van der Waals surface area contributed by atoms with Gasteiger partial charge in [-0.3, -0.25) is 4.79 Å². The van der Waals surface area contributed by atoms with Crippen molar-refractivity contribution >= 4 is 23.2 Å². The van der Waals surface area contributed by atoms with Crippen LogP contribution in [0.5, 0.6) is 0 Å². The van der Waals surface area contributed by atoms with Crippen molar-refractivity contribution in [3.63, 3.8) is 0 Å². The Morgan fingerprint density at radius 2 is 2.00 bits per heavy atom. The van der Waals surface area contributed by atoms with Crippen molar-refractivity contribution in [1.29, 1.82) is 0 Å². The summed E-state index contributed by atoms with van der Waals surface area (Å²) in [4.78, 5) is 40.5. The first kappa shape index (κ1) is 25.4. The van der Waals surface area contributed by atoms with Crippen molar-refractivity contribution in [1.82, 2.24) is 39.5 Å². The quantitative estimate of drug-likeness (QED) is 0.331. The Labute approximate surface area is 230 Å². The Kier molecular flexibility index (Phi) is 6.60. The molecule has 3 N–H and O–H groups in total. The molecular weight excluding hydrogens is 508 g/mol. The van der Waals surface area contributed by atoms with E-state index in [1.54, 1.807) is 6.20 Å². The number of nitrogen functional groups attached to an aromatic ring is 1. The van der Waals surface area contributed by atoms with E-state index in [-0.39, 0.29) is 23.9 Å². The number of pyridine rings is 2. The van der Waals surface area contributed by atoms with Crippen molar-refractivity contribution < 1.29 is 9.21 Å². The summed E-state index contributed by atoms with van der Waals surface area (Å²) in [7, 11) is 2.14. The molecule has 0 unspecified atom stereocenters. The lowest BCUT2D eigenvalue weighted by Crippen LogP contribution is -2.50. The average molecular weight is 539 g/mol. The maximum absolute atomic E-state index is 13.3. The molecule has 12 nitrogen and oxygen atoms in total. The van der Waals surface area contributed by atoms with E-state index in [1.165, 1.54) is 12.5 Å². The molecule has 6 rings (SSSR count). The van der Waals surface area contributed by atoms with Crippen LogP contribution in [0.2, 0.25) is 0 Å². The Morgan fingerprint density at radius 1 is 1.12 bits per heavy atom. The minimum absolute atomic E-state index is 0.0109. The number of rotatable bonds is 6. The van der Waals surface area contributed by atoms with Crippen LogP contribution >= 0.6 is 0 Å². The maximum Gasteiger partial charge on any atom is 0.274 e. The lowest BCUT2D eigenvalue weighted by atomic mass is 10.1. The molecule has 5 aromatic rings. The molecule has 0 spiro atoms. The highest BCUT2D eigenvalue weighted by atomic mass is 16.3. The highest BCUT2D eigenvalue weighted by molar-refractivity contribution is 5.97. The highest BCUT2D eigenvalue weighted by Crippen LogP contribution is 2.30. The van der Waals surface area contributed by atoms with Gasteiger partial charge in [-0.2, -0.15) is 0 Å². The molecule has 1 aliphatic heterocycles.